The smallest absolute Gasteiger partial charge is 0.345 e. The van der Waals surface area contributed by atoms with E-state index in [4.69, 9.17) is 32.5 Å². The number of ether oxygens (including phenoxy) is 5. The van der Waals surface area contributed by atoms with Crippen molar-refractivity contribution in [3.05, 3.63) is 129 Å². The first-order valence-electron chi connectivity index (χ1n) is 28.0. The van der Waals surface area contributed by atoms with Gasteiger partial charge in [0.25, 0.3) is 0 Å². The maximum Gasteiger partial charge on any atom is 0.345 e. The third kappa shape index (κ3) is 10.0. The molecule has 0 saturated heterocycles. The topological polar surface area (TPSA) is 244 Å². The first-order chi connectivity index (χ1) is 38.2. The number of nitrogens with zero attached hydrogens (tertiary/aromatic N) is 2. The fourth-order valence-corrected chi connectivity index (χ4v) is 16.1. The van der Waals surface area contributed by atoms with Gasteiger partial charge in [-0.05, 0) is 129 Å². The Morgan fingerprint density at radius 2 is 1.12 bits per heavy atom. The molecule has 5 aromatic rings. The second kappa shape index (κ2) is 22.2. The predicted octanol–water partition coefficient (Wildman–Crippen LogP) is 10.4. The summed E-state index contributed by atoms with van der Waals surface area (Å²) in [6.07, 6.45) is 5.90. The highest BCUT2D eigenvalue weighted by molar-refractivity contribution is 14.0. The number of halogens is 2. The Balaban J connectivity index is 0.000000200. The Morgan fingerprint density at radius 3 is 1.57 bits per heavy atom. The van der Waals surface area contributed by atoms with E-state index in [0.717, 1.165) is 25.3 Å². The quantitative estimate of drug-likeness (QED) is 0.0743. The molecule has 0 spiro atoms. The molecular weight excluding hydrogens is 1170 g/mol. The summed E-state index contributed by atoms with van der Waals surface area (Å²) in [5.41, 5.74) is -4.61. The average Bonchev–Trinajstić information content (AvgIpc) is 0.881. The molecule has 0 bridgehead atoms. The van der Waals surface area contributed by atoms with Crippen LogP contribution in [0.25, 0.3) is 22.6 Å². The maximum absolute atomic E-state index is 14.1. The lowest BCUT2D eigenvalue weighted by Crippen LogP contribution is -2.70. The predicted molar refractivity (Wildman–Crippen MR) is 307 cm³/mol. The van der Waals surface area contributed by atoms with Gasteiger partial charge in [-0.15, -0.1) is 24.0 Å². The molecule has 6 aliphatic rings. The van der Waals surface area contributed by atoms with Crippen molar-refractivity contribution in [2.75, 3.05) is 13.2 Å². The zero-order valence-corrected chi connectivity index (χ0v) is 50.3. The SMILES string of the molecule is CC(=O)OC[C@@]1(C)C2C[C@H](O)[C@@]3(C)Oc4cc(-c5cccnc5)oc(=O)c4[C@H](O)C3[C@@]2(C)CC[C@@H]1C.CC(=O)OC[C@@]1(C)C2C[C@H](OC(=O)c3cccc(F)c3)[C@@]3(C)Oc4cc(-c5cccnc5)oc(=O)c4[C@H](O)C3[C@@]2(C)CC[C@@H]1C.I. The summed E-state index contributed by atoms with van der Waals surface area (Å²) in [6, 6.07) is 15.4. The van der Waals surface area contributed by atoms with Crippen molar-refractivity contribution in [2.24, 2.45) is 57.2 Å². The second-order valence-corrected chi connectivity index (χ2v) is 25.2. The van der Waals surface area contributed by atoms with E-state index < -0.39 is 98.1 Å². The fourth-order valence-electron chi connectivity index (χ4n) is 16.1. The van der Waals surface area contributed by atoms with Crippen LogP contribution in [0.4, 0.5) is 4.39 Å². The van der Waals surface area contributed by atoms with E-state index in [-0.39, 0.29) is 107 Å². The number of carbonyl (C=O) groups excluding carboxylic acids is 3. The van der Waals surface area contributed by atoms with Gasteiger partial charge in [0.2, 0.25) is 0 Å². The molecule has 19 heteroatoms. The van der Waals surface area contributed by atoms with Crippen LogP contribution in [0, 0.1) is 63.0 Å². The highest BCUT2D eigenvalue weighted by atomic mass is 127. The van der Waals surface area contributed by atoms with Gasteiger partial charge < -0.3 is 47.8 Å². The number of esters is 3. The van der Waals surface area contributed by atoms with E-state index in [1.165, 1.54) is 32.0 Å². The summed E-state index contributed by atoms with van der Waals surface area (Å²) in [6.45, 7) is 19.4. The molecule has 6 heterocycles. The van der Waals surface area contributed by atoms with E-state index in [0.29, 0.717) is 30.4 Å². The number of rotatable bonds is 8. The largest absolute Gasteiger partial charge is 0.484 e. The summed E-state index contributed by atoms with van der Waals surface area (Å²) < 4.78 is 55.9. The molecule has 17 nitrogen and oxygen atoms in total. The second-order valence-electron chi connectivity index (χ2n) is 25.2. The minimum atomic E-state index is -1.33. The Kier molecular flexibility index (Phi) is 16.4. The number of aromatic nitrogens is 2. The molecule has 16 atom stereocenters. The van der Waals surface area contributed by atoms with E-state index >= 15 is 0 Å². The molecule has 0 amide bonds. The average molecular weight is 1250 g/mol. The number of pyridine rings is 2. The van der Waals surface area contributed by atoms with Gasteiger partial charge in [0.1, 0.15) is 57.3 Å². The van der Waals surface area contributed by atoms with Gasteiger partial charge in [-0.25, -0.2) is 18.8 Å². The molecule has 2 aliphatic heterocycles. The zero-order valence-electron chi connectivity index (χ0n) is 47.9. The van der Waals surface area contributed by atoms with Gasteiger partial charge in [0.15, 0.2) is 0 Å². The van der Waals surface area contributed by atoms with Crippen molar-refractivity contribution in [2.45, 2.75) is 143 Å². The molecular formula is C63H74FIN2O15. The third-order valence-electron chi connectivity index (χ3n) is 20.7. The van der Waals surface area contributed by atoms with Gasteiger partial charge >= 0.3 is 29.2 Å². The lowest BCUT2D eigenvalue weighted by molar-refractivity contribution is -0.257. The van der Waals surface area contributed by atoms with Crippen molar-refractivity contribution >= 4 is 41.9 Å². The van der Waals surface area contributed by atoms with Crippen LogP contribution in [-0.4, -0.2) is 79.8 Å². The number of carbonyl (C=O) groups is 3. The van der Waals surface area contributed by atoms with Gasteiger partial charge in [-0.1, -0.05) is 47.6 Å². The van der Waals surface area contributed by atoms with Crippen molar-refractivity contribution < 1.29 is 66.6 Å². The monoisotopic (exact) mass is 1240 g/mol. The highest BCUT2D eigenvalue weighted by Gasteiger charge is 2.71. The lowest BCUT2D eigenvalue weighted by Gasteiger charge is -2.66. The number of hydrogen-bond acceptors (Lipinski definition) is 17. The van der Waals surface area contributed by atoms with Crippen LogP contribution in [0.1, 0.15) is 141 Å². The van der Waals surface area contributed by atoms with Crippen LogP contribution in [0.3, 0.4) is 0 Å². The minimum absolute atomic E-state index is 0. The summed E-state index contributed by atoms with van der Waals surface area (Å²) in [5.74, 6) is -2.40. The third-order valence-corrected chi connectivity index (χ3v) is 20.7. The number of fused-ring (bicyclic) bond motifs is 8. The normalized spacial score (nSPS) is 35.6. The van der Waals surface area contributed by atoms with Gasteiger partial charge in [-0.2, -0.15) is 0 Å². The zero-order chi connectivity index (χ0) is 58.4. The molecule has 1 aromatic carbocycles. The van der Waals surface area contributed by atoms with Crippen LogP contribution >= 0.6 is 24.0 Å². The van der Waals surface area contributed by atoms with Crippen molar-refractivity contribution in [1.82, 2.24) is 9.97 Å². The Morgan fingerprint density at radius 1 is 0.659 bits per heavy atom. The van der Waals surface area contributed by atoms with Gasteiger partial charge in [0, 0.05) is 84.6 Å². The van der Waals surface area contributed by atoms with E-state index in [9.17, 15) is 43.7 Å². The number of aliphatic hydroxyl groups is 3. The van der Waals surface area contributed by atoms with Crippen LogP contribution in [0.5, 0.6) is 11.5 Å². The highest BCUT2D eigenvalue weighted by Crippen LogP contribution is 2.70. The Bertz CT molecular complexity index is 3360. The van der Waals surface area contributed by atoms with Crippen LogP contribution < -0.4 is 20.7 Å². The molecule has 82 heavy (non-hydrogen) atoms. The number of hydrogen-bond donors (Lipinski definition) is 3. The molecule has 4 aromatic heterocycles. The summed E-state index contributed by atoms with van der Waals surface area (Å²) >= 11 is 0. The molecule has 4 aliphatic carbocycles. The maximum atomic E-state index is 14.1. The van der Waals surface area contributed by atoms with Crippen LogP contribution in [-0.2, 0) is 23.8 Å². The van der Waals surface area contributed by atoms with Gasteiger partial charge in [0.05, 0.1) is 37.1 Å². The molecule has 3 N–H and O–H groups in total. The van der Waals surface area contributed by atoms with Crippen molar-refractivity contribution in [1.29, 1.82) is 0 Å². The minimum Gasteiger partial charge on any atom is -0.484 e. The molecule has 11 rings (SSSR count). The van der Waals surface area contributed by atoms with Crippen LogP contribution in [0.2, 0.25) is 0 Å². The van der Waals surface area contributed by atoms with Crippen molar-refractivity contribution in [3.8, 4) is 34.1 Å². The van der Waals surface area contributed by atoms with Crippen molar-refractivity contribution in [3.63, 3.8) is 0 Å². The first-order valence-corrected chi connectivity index (χ1v) is 28.0. The Hall–Kier alpha value is -6.03. The number of benzene rings is 1. The number of aliphatic hydroxyl groups excluding tert-OH is 3. The van der Waals surface area contributed by atoms with E-state index in [1.807, 2.05) is 6.92 Å². The molecule has 4 fully saturated rings. The summed E-state index contributed by atoms with van der Waals surface area (Å²) in [5, 5.41) is 35.5. The van der Waals surface area contributed by atoms with E-state index in [1.54, 1.807) is 68.1 Å². The molecule has 0 radical (unpaired) electrons. The Labute approximate surface area is 492 Å². The standard InChI is InChI=1S/C35H38FNO8.C28H35NO7.HI/c1-19-11-12-33(3)26(34(19,4)18-42-20(2)38)16-27(44-31(40)21-8-6-10-23(36)14-21)35(5)30(33)29(39)28-25(45-35)15-24(43-32(28)41)22-9-7-13-37-17-22;1-15-8-9-26(3)20(27(15,4)14-34-16(2)30)12-21(31)28(5)24(26)23(32)22-19(36-28)11-18(35-25(22)33)17-7-6-10-29-13-17;/h6-10,13-15,17,19,26-27,29-30,39H,11-12,16,18H2,1-5H3;6-7,10-11,13,15,20-21,23-24,31-32H,8-9,12,14H2,1-5H3;1H/t19-,26?,27-,29-,30?,33-,34+,35+;15-,20?,21-,23-,24?,26-,27+,28+;/m00./s1. The van der Waals surface area contributed by atoms with Crippen LogP contribution in [0.15, 0.2) is 104 Å². The molecule has 4 saturated carbocycles. The summed E-state index contributed by atoms with van der Waals surface area (Å²) in [7, 11) is 0. The molecule has 440 valence electrons. The summed E-state index contributed by atoms with van der Waals surface area (Å²) in [4.78, 5) is 72.1. The first kappa shape index (κ1) is 60.6. The van der Waals surface area contributed by atoms with Gasteiger partial charge in [-0.3, -0.25) is 19.6 Å². The fraction of sp³-hybridized carbons (Fsp3) is 0.540. The van der Waals surface area contributed by atoms with E-state index in [2.05, 4.69) is 51.5 Å². The lowest BCUT2D eigenvalue weighted by atomic mass is 9.41. The molecule has 4 unspecified atom stereocenters.